The number of nitrogens with zero attached hydrogens (tertiary/aromatic N) is 2. The number of ether oxygens (including phenoxy) is 1. The van der Waals surface area contributed by atoms with Crippen molar-refractivity contribution in [3.63, 3.8) is 0 Å². The van der Waals surface area contributed by atoms with Gasteiger partial charge in [-0.05, 0) is 36.6 Å². The zero-order valence-corrected chi connectivity index (χ0v) is 15.5. The maximum Gasteiger partial charge on any atom is 0.262 e. The van der Waals surface area contributed by atoms with Crippen LogP contribution in [0.3, 0.4) is 0 Å². The average Bonchev–Trinajstić information content (AvgIpc) is 2.96. The number of aryl methyl sites for hydroxylation is 1. The van der Waals surface area contributed by atoms with Crippen LogP contribution in [0.5, 0.6) is 5.75 Å². The summed E-state index contributed by atoms with van der Waals surface area (Å²) in [6, 6.07) is 9.65. The number of carbonyl (C=O) groups is 2. The Kier molecular flexibility index (Phi) is 5.24. The molecule has 0 saturated carbocycles. The number of fused-ring (bicyclic) bond motifs is 1. The fraction of sp³-hybridized carbons (Fsp3) is 0.316. The van der Waals surface area contributed by atoms with Crippen LogP contribution in [0.15, 0.2) is 24.3 Å². The maximum absolute atomic E-state index is 12.2. The Morgan fingerprint density at radius 2 is 2.23 bits per heavy atom. The van der Waals surface area contributed by atoms with Crippen LogP contribution in [0.25, 0.3) is 0 Å². The summed E-state index contributed by atoms with van der Waals surface area (Å²) in [4.78, 5) is 26.5. The van der Waals surface area contributed by atoms with Crippen LogP contribution in [0.1, 0.15) is 28.5 Å². The Morgan fingerprint density at radius 1 is 1.42 bits per heavy atom. The molecule has 2 heterocycles. The molecule has 6 nitrogen and oxygen atoms in total. The second-order valence-electron chi connectivity index (χ2n) is 6.16. The molecule has 0 aliphatic carbocycles. The lowest BCUT2D eigenvalue weighted by atomic mass is 10.0. The number of hydrogen-bond acceptors (Lipinski definition) is 5. The van der Waals surface area contributed by atoms with Crippen molar-refractivity contribution in [2.45, 2.75) is 26.8 Å². The number of hydrogen-bond donors (Lipinski definition) is 1. The first-order valence-corrected chi connectivity index (χ1v) is 9.09. The van der Waals surface area contributed by atoms with E-state index in [1.807, 2.05) is 25.1 Å². The SMILES string of the molecule is CC(=O)N1CCc2c(sc(NC(=O)COc3cccc(C)c3)c2C#N)C1. The van der Waals surface area contributed by atoms with Gasteiger partial charge in [0, 0.05) is 18.3 Å². The standard InChI is InChI=1S/C19H19N3O3S/c1-12-4-3-5-14(8-12)25-11-18(24)21-19-16(9-20)15-6-7-22(13(2)23)10-17(15)26-19/h3-5,8H,6-7,10-11H2,1-2H3,(H,21,24). The van der Waals surface area contributed by atoms with E-state index in [1.54, 1.807) is 11.0 Å². The molecule has 26 heavy (non-hydrogen) atoms. The number of anilines is 1. The van der Waals surface area contributed by atoms with Crippen molar-refractivity contribution in [2.75, 3.05) is 18.5 Å². The second kappa shape index (κ2) is 7.58. The smallest absolute Gasteiger partial charge is 0.262 e. The molecule has 1 aliphatic heterocycles. The lowest BCUT2D eigenvalue weighted by Crippen LogP contribution is -2.33. The Balaban J connectivity index is 1.69. The van der Waals surface area contributed by atoms with E-state index in [1.165, 1.54) is 18.3 Å². The van der Waals surface area contributed by atoms with Crippen molar-refractivity contribution in [3.05, 3.63) is 45.8 Å². The fourth-order valence-corrected chi connectivity index (χ4v) is 4.13. The predicted molar refractivity (Wildman–Crippen MR) is 99.1 cm³/mol. The number of rotatable bonds is 4. The van der Waals surface area contributed by atoms with Gasteiger partial charge in [-0.25, -0.2) is 0 Å². The summed E-state index contributed by atoms with van der Waals surface area (Å²) < 4.78 is 5.50. The highest BCUT2D eigenvalue weighted by Gasteiger charge is 2.26. The van der Waals surface area contributed by atoms with Gasteiger partial charge in [0.05, 0.1) is 12.1 Å². The number of amides is 2. The molecule has 0 atom stereocenters. The molecule has 0 saturated heterocycles. The molecule has 1 N–H and O–H groups in total. The van der Waals surface area contributed by atoms with Crippen molar-refractivity contribution >= 4 is 28.2 Å². The van der Waals surface area contributed by atoms with Gasteiger partial charge in [0.1, 0.15) is 16.8 Å². The summed E-state index contributed by atoms with van der Waals surface area (Å²) in [5.74, 6) is 0.327. The highest BCUT2D eigenvalue weighted by atomic mass is 32.1. The maximum atomic E-state index is 12.2. The fourth-order valence-electron chi connectivity index (χ4n) is 2.90. The summed E-state index contributed by atoms with van der Waals surface area (Å²) >= 11 is 1.36. The van der Waals surface area contributed by atoms with Crippen LogP contribution in [-0.4, -0.2) is 29.9 Å². The van der Waals surface area contributed by atoms with Gasteiger partial charge in [-0.1, -0.05) is 12.1 Å². The van der Waals surface area contributed by atoms with E-state index in [9.17, 15) is 14.9 Å². The molecular formula is C19H19N3O3S. The summed E-state index contributed by atoms with van der Waals surface area (Å²) in [6.45, 7) is 4.44. The predicted octanol–water partition coefficient (Wildman–Crippen LogP) is 2.85. The molecule has 134 valence electrons. The minimum Gasteiger partial charge on any atom is -0.484 e. The zero-order chi connectivity index (χ0) is 18.7. The zero-order valence-electron chi connectivity index (χ0n) is 14.7. The quantitative estimate of drug-likeness (QED) is 0.898. The van der Waals surface area contributed by atoms with Crippen LogP contribution in [-0.2, 0) is 22.6 Å². The number of benzene rings is 1. The highest BCUT2D eigenvalue weighted by Crippen LogP contribution is 2.36. The summed E-state index contributed by atoms with van der Waals surface area (Å²) in [5.41, 5.74) is 2.48. The molecule has 0 radical (unpaired) electrons. The molecule has 2 amide bonds. The lowest BCUT2D eigenvalue weighted by molar-refractivity contribution is -0.129. The minimum absolute atomic E-state index is 0.0136. The molecule has 1 aromatic heterocycles. The van der Waals surface area contributed by atoms with E-state index < -0.39 is 0 Å². The van der Waals surface area contributed by atoms with Gasteiger partial charge in [0.2, 0.25) is 5.91 Å². The molecule has 1 aromatic carbocycles. The monoisotopic (exact) mass is 369 g/mol. The van der Waals surface area contributed by atoms with Gasteiger partial charge in [0.25, 0.3) is 5.91 Å². The first-order chi connectivity index (χ1) is 12.5. The lowest BCUT2D eigenvalue weighted by Gasteiger charge is -2.25. The van der Waals surface area contributed by atoms with Gasteiger partial charge in [-0.15, -0.1) is 11.3 Å². The molecule has 1 aliphatic rings. The first-order valence-electron chi connectivity index (χ1n) is 8.27. The third-order valence-electron chi connectivity index (χ3n) is 4.23. The Bertz CT molecular complexity index is 898. The van der Waals surface area contributed by atoms with Gasteiger partial charge >= 0.3 is 0 Å². The van der Waals surface area contributed by atoms with Crippen LogP contribution in [0.4, 0.5) is 5.00 Å². The minimum atomic E-state index is -0.315. The van der Waals surface area contributed by atoms with Crippen LogP contribution < -0.4 is 10.1 Å². The second-order valence-corrected chi connectivity index (χ2v) is 7.27. The van der Waals surface area contributed by atoms with Crippen molar-refractivity contribution < 1.29 is 14.3 Å². The van der Waals surface area contributed by atoms with E-state index in [4.69, 9.17) is 4.74 Å². The van der Waals surface area contributed by atoms with Crippen molar-refractivity contribution in [3.8, 4) is 11.8 Å². The molecule has 2 aromatic rings. The van der Waals surface area contributed by atoms with E-state index in [0.29, 0.717) is 35.8 Å². The number of nitrogens with one attached hydrogen (secondary N) is 1. The number of carbonyl (C=O) groups excluding carboxylic acids is 2. The third-order valence-corrected chi connectivity index (χ3v) is 5.36. The molecule has 0 fully saturated rings. The summed E-state index contributed by atoms with van der Waals surface area (Å²) in [7, 11) is 0. The Hall–Kier alpha value is -2.85. The normalized spacial score (nSPS) is 12.9. The van der Waals surface area contributed by atoms with Crippen molar-refractivity contribution in [1.29, 1.82) is 5.26 Å². The molecule has 0 spiro atoms. The van der Waals surface area contributed by atoms with Gasteiger partial charge in [0.15, 0.2) is 6.61 Å². The average molecular weight is 369 g/mol. The molecule has 7 heteroatoms. The third kappa shape index (κ3) is 3.86. The summed E-state index contributed by atoms with van der Waals surface area (Å²) in [5, 5.41) is 12.8. The number of thiophene rings is 1. The Morgan fingerprint density at radius 3 is 2.92 bits per heavy atom. The molecular weight excluding hydrogens is 350 g/mol. The molecule has 0 unspecified atom stereocenters. The molecule has 0 bridgehead atoms. The van der Waals surface area contributed by atoms with Crippen LogP contribution >= 0.6 is 11.3 Å². The van der Waals surface area contributed by atoms with Crippen LogP contribution in [0.2, 0.25) is 0 Å². The van der Waals surface area contributed by atoms with Crippen molar-refractivity contribution in [2.24, 2.45) is 0 Å². The largest absolute Gasteiger partial charge is 0.484 e. The topological polar surface area (TPSA) is 82.4 Å². The van der Waals surface area contributed by atoms with Gasteiger partial charge < -0.3 is 15.0 Å². The van der Waals surface area contributed by atoms with E-state index >= 15 is 0 Å². The Labute approximate surface area is 156 Å². The van der Waals surface area contributed by atoms with E-state index in [2.05, 4.69) is 11.4 Å². The van der Waals surface area contributed by atoms with Gasteiger partial charge in [-0.3, -0.25) is 9.59 Å². The van der Waals surface area contributed by atoms with Crippen LogP contribution in [0, 0.1) is 18.3 Å². The van der Waals surface area contributed by atoms with Gasteiger partial charge in [-0.2, -0.15) is 5.26 Å². The van der Waals surface area contributed by atoms with E-state index in [-0.39, 0.29) is 18.4 Å². The van der Waals surface area contributed by atoms with Crippen molar-refractivity contribution in [1.82, 2.24) is 4.90 Å². The summed E-state index contributed by atoms with van der Waals surface area (Å²) in [6.07, 6.45) is 0.629. The van der Waals surface area contributed by atoms with E-state index in [0.717, 1.165) is 16.0 Å². The number of nitriles is 1. The molecule has 3 rings (SSSR count). The highest BCUT2D eigenvalue weighted by molar-refractivity contribution is 7.16. The first kappa shape index (κ1) is 18.0.